The van der Waals surface area contributed by atoms with Gasteiger partial charge in [0.1, 0.15) is 5.75 Å². The second-order valence-corrected chi connectivity index (χ2v) is 5.43. The summed E-state index contributed by atoms with van der Waals surface area (Å²) in [6.07, 6.45) is 8.78. The predicted molar refractivity (Wildman–Crippen MR) is 85.7 cm³/mol. The van der Waals surface area contributed by atoms with E-state index in [4.69, 9.17) is 4.74 Å². The molecule has 0 amide bonds. The smallest absolute Gasteiger partial charge is 0.116 e. The fourth-order valence-electron chi connectivity index (χ4n) is 2.90. The van der Waals surface area contributed by atoms with Crippen LogP contribution in [-0.2, 0) is 4.74 Å². The largest absolute Gasteiger partial charge is 0.508 e. The van der Waals surface area contributed by atoms with Crippen molar-refractivity contribution in [2.75, 3.05) is 13.2 Å². The molecule has 3 heterocycles. The van der Waals surface area contributed by atoms with E-state index in [1.165, 1.54) is 11.1 Å². The second kappa shape index (κ2) is 5.31. The minimum Gasteiger partial charge on any atom is -0.508 e. The van der Waals surface area contributed by atoms with Gasteiger partial charge in [-0.05, 0) is 41.3 Å². The number of hydrogen-bond acceptors (Lipinski definition) is 3. The summed E-state index contributed by atoms with van der Waals surface area (Å²) in [4.78, 5) is 4.26. The fourth-order valence-corrected chi connectivity index (χ4v) is 2.90. The molecule has 4 heteroatoms. The van der Waals surface area contributed by atoms with Crippen molar-refractivity contribution in [3.05, 3.63) is 60.7 Å². The van der Waals surface area contributed by atoms with Crippen molar-refractivity contribution in [1.82, 2.24) is 9.38 Å². The maximum absolute atomic E-state index is 9.72. The summed E-state index contributed by atoms with van der Waals surface area (Å²) >= 11 is 0. The van der Waals surface area contributed by atoms with E-state index < -0.39 is 0 Å². The number of aromatic hydroxyl groups is 1. The highest BCUT2D eigenvalue weighted by molar-refractivity contribution is 5.82. The molecular weight excluding hydrogens is 276 g/mol. The molecule has 0 spiro atoms. The maximum Gasteiger partial charge on any atom is 0.116 e. The van der Waals surface area contributed by atoms with Crippen LogP contribution in [0.5, 0.6) is 5.75 Å². The summed E-state index contributed by atoms with van der Waals surface area (Å²) in [5.41, 5.74) is 5.62. The average molecular weight is 292 g/mol. The monoisotopic (exact) mass is 292 g/mol. The van der Waals surface area contributed by atoms with Gasteiger partial charge >= 0.3 is 0 Å². The first-order valence-corrected chi connectivity index (χ1v) is 7.33. The van der Waals surface area contributed by atoms with E-state index in [9.17, 15) is 5.11 Å². The predicted octanol–water partition coefficient (Wildman–Crippen LogP) is 3.51. The highest BCUT2D eigenvalue weighted by Crippen LogP contribution is 2.31. The van der Waals surface area contributed by atoms with Crippen LogP contribution in [-0.4, -0.2) is 27.7 Å². The summed E-state index contributed by atoms with van der Waals surface area (Å²) in [6.45, 7) is 1.41. The van der Waals surface area contributed by atoms with Crippen LogP contribution in [0.3, 0.4) is 0 Å². The van der Waals surface area contributed by atoms with Crippen LogP contribution in [0.15, 0.2) is 55.1 Å². The molecule has 2 aromatic heterocycles. The molecule has 0 fully saturated rings. The Labute approximate surface area is 128 Å². The molecule has 3 aromatic rings. The molecule has 0 saturated carbocycles. The van der Waals surface area contributed by atoms with Crippen LogP contribution in [0.1, 0.15) is 12.0 Å². The van der Waals surface area contributed by atoms with E-state index in [-0.39, 0.29) is 5.75 Å². The number of fused-ring (bicyclic) bond motifs is 1. The zero-order valence-electron chi connectivity index (χ0n) is 12.1. The van der Waals surface area contributed by atoms with Crippen molar-refractivity contribution >= 4 is 11.1 Å². The van der Waals surface area contributed by atoms with Crippen LogP contribution < -0.4 is 0 Å². The zero-order valence-corrected chi connectivity index (χ0v) is 12.1. The number of pyridine rings is 1. The summed E-state index contributed by atoms with van der Waals surface area (Å²) < 4.78 is 7.45. The van der Waals surface area contributed by atoms with Crippen molar-refractivity contribution < 1.29 is 9.84 Å². The van der Waals surface area contributed by atoms with Crippen LogP contribution >= 0.6 is 0 Å². The summed E-state index contributed by atoms with van der Waals surface area (Å²) in [5.74, 6) is 0.273. The van der Waals surface area contributed by atoms with Crippen LogP contribution in [0.2, 0.25) is 0 Å². The molecular formula is C18H16N2O2. The Morgan fingerprint density at radius 2 is 2.14 bits per heavy atom. The molecule has 22 heavy (non-hydrogen) atoms. The third-order valence-electron chi connectivity index (χ3n) is 4.01. The number of benzene rings is 1. The van der Waals surface area contributed by atoms with Gasteiger partial charge in [-0.3, -0.25) is 0 Å². The van der Waals surface area contributed by atoms with Crippen molar-refractivity contribution in [1.29, 1.82) is 0 Å². The third kappa shape index (κ3) is 2.27. The molecule has 1 aliphatic rings. The number of nitrogens with zero attached hydrogens (tertiary/aromatic N) is 2. The van der Waals surface area contributed by atoms with Gasteiger partial charge in [0.15, 0.2) is 0 Å². The quantitative estimate of drug-likeness (QED) is 0.786. The first-order chi connectivity index (χ1) is 10.8. The van der Waals surface area contributed by atoms with Gasteiger partial charge in [-0.2, -0.15) is 0 Å². The van der Waals surface area contributed by atoms with Gasteiger partial charge in [0, 0.05) is 11.8 Å². The van der Waals surface area contributed by atoms with E-state index >= 15 is 0 Å². The van der Waals surface area contributed by atoms with Gasteiger partial charge in [-0.1, -0.05) is 18.2 Å². The van der Waals surface area contributed by atoms with Crippen molar-refractivity contribution in [2.45, 2.75) is 6.42 Å². The summed E-state index contributed by atoms with van der Waals surface area (Å²) in [6, 6.07) is 9.49. The standard InChI is InChI=1S/C18H16N2O2/c21-16-3-1-2-14(8-16)15-9-17(13-4-6-22-7-5-13)18-10-19-12-20(18)11-15/h1-4,8-12,21H,5-7H2. The van der Waals surface area contributed by atoms with Gasteiger partial charge in [0.05, 0.1) is 31.3 Å². The van der Waals surface area contributed by atoms with Crippen LogP contribution in [0, 0.1) is 0 Å². The Balaban J connectivity index is 1.92. The highest BCUT2D eigenvalue weighted by atomic mass is 16.5. The van der Waals surface area contributed by atoms with Crippen LogP contribution in [0.25, 0.3) is 22.2 Å². The lowest BCUT2D eigenvalue weighted by molar-refractivity contribution is 0.161. The van der Waals surface area contributed by atoms with E-state index in [0.717, 1.165) is 29.7 Å². The van der Waals surface area contributed by atoms with Crippen molar-refractivity contribution in [3.63, 3.8) is 0 Å². The van der Waals surface area contributed by atoms with Gasteiger partial charge in [-0.15, -0.1) is 0 Å². The fraction of sp³-hybridized carbons (Fsp3) is 0.167. The molecule has 0 radical (unpaired) electrons. The molecule has 0 aliphatic carbocycles. The van der Waals surface area contributed by atoms with Gasteiger partial charge < -0.3 is 14.2 Å². The molecule has 4 rings (SSSR count). The third-order valence-corrected chi connectivity index (χ3v) is 4.01. The van der Waals surface area contributed by atoms with E-state index in [1.54, 1.807) is 12.1 Å². The SMILES string of the molecule is Oc1cccc(-c2cc(C3=CCOCC3)c3cncn3c2)c1. The Morgan fingerprint density at radius 3 is 2.95 bits per heavy atom. The molecule has 0 atom stereocenters. The minimum atomic E-state index is 0.273. The van der Waals surface area contributed by atoms with Gasteiger partial charge in [0.25, 0.3) is 0 Å². The number of hydrogen-bond donors (Lipinski definition) is 1. The molecule has 1 N–H and O–H groups in total. The minimum absolute atomic E-state index is 0.273. The second-order valence-electron chi connectivity index (χ2n) is 5.43. The summed E-state index contributed by atoms with van der Waals surface area (Å²) in [7, 11) is 0. The highest BCUT2D eigenvalue weighted by Gasteiger charge is 2.13. The Kier molecular flexibility index (Phi) is 3.16. The van der Waals surface area contributed by atoms with E-state index in [1.807, 2.05) is 35.3 Å². The average Bonchev–Trinajstić information content (AvgIpc) is 3.03. The van der Waals surface area contributed by atoms with Crippen molar-refractivity contribution in [2.24, 2.45) is 0 Å². The maximum atomic E-state index is 9.72. The number of rotatable bonds is 2. The van der Waals surface area contributed by atoms with E-state index in [2.05, 4.69) is 17.1 Å². The van der Waals surface area contributed by atoms with Gasteiger partial charge in [0.2, 0.25) is 0 Å². The lowest BCUT2D eigenvalue weighted by atomic mass is 9.97. The lowest BCUT2D eigenvalue weighted by Gasteiger charge is -2.16. The number of aromatic nitrogens is 2. The Hall–Kier alpha value is -2.59. The number of ether oxygens (including phenoxy) is 1. The number of phenolic OH excluding ortho intramolecular Hbond substituents is 1. The van der Waals surface area contributed by atoms with E-state index in [0.29, 0.717) is 6.61 Å². The molecule has 110 valence electrons. The lowest BCUT2D eigenvalue weighted by Crippen LogP contribution is -2.05. The summed E-state index contributed by atoms with van der Waals surface area (Å²) in [5, 5.41) is 9.72. The Bertz CT molecular complexity index is 864. The van der Waals surface area contributed by atoms with Crippen LogP contribution in [0.4, 0.5) is 0 Å². The first kappa shape index (κ1) is 13.1. The van der Waals surface area contributed by atoms with Crippen molar-refractivity contribution in [3.8, 4) is 16.9 Å². The normalized spacial score (nSPS) is 15.0. The Morgan fingerprint density at radius 1 is 1.18 bits per heavy atom. The first-order valence-electron chi connectivity index (χ1n) is 7.33. The molecule has 0 saturated heterocycles. The molecule has 1 aromatic carbocycles. The molecule has 4 nitrogen and oxygen atoms in total. The molecule has 0 unspecified atom stereocenters. The number of phenols is 1. The molecule has 1 aliphatic heterocycles. The number of imidazole rings is 1. The van der Waals surface area contributed by atoms with Gasteiger partial charge in [-0.25, -0.2) is 4.98 Å². The zero-order chi connectivity index (χ0) is 14.9. The topological polar surface area (TPSA) is 46.8 Å². The molecule has 0 bridgehead atoms.